The van der Waals surface area contributed by atoms with Crippen molar-refractivity contribution in [2.24, 2.45) is 0 Å². The van der Waals surface area contributed by atoms with Gasteiger partial charge in [0.15, 0.2) is 0 Å². The minimum atomic E-state index is -0.390. The van der Waals surface area contributed by atoms with Crippen LogP contribution in [-0.4, -0.2) is 34.4 Å². The molecule has 2 amide bonds. The molecule has 3 heterocycles. The number of fused-ring (bicyclic) bond motifs is 3. The van der Waals surface area contributed by atoms with Crippen molar-refractivity contribution in [1.82, 2.24) is 9.47 Å². The van der Waals surface area contributed by atoms with Crippen LogP contribution < -0.4 is 4.90 Å². The Labute approximate surface area is 214 Å². The molecular formula is C30H39N3O3. The molecule has 4 rings (SSSR count). The van der Waals surface area contributed by atoms with Gasteiger partial charge in [0.2, 0.25) is 11.8 Å². The number of furan rings is 1. The molecule has 0 aliphatic carbocycles. The first-order valence-electron chi connectivity index (χ1n) is 13.6. The van der Waals surface area contributed by atoms with Crippen molar-refractivity contribution in [3.05, 3.63) is 72.4 Å². The molecule has 1 aliphatic rings. The zero-order valence-corrected chi connectivity index (χ0v) is 21.7. The fourth-order valence-electron chi connectivity index (χ4n) is 5.07. The summed E-state index contributed by atoms with van der Waals surface area (Å²) >= 11 is 0. The number of unbranched alkanes of at least 4 members (excludes halogenated alkanes) is 6. The van der Waals surface area contributed by atoms with Gasteiger partial charge in [0.05, 0.1) is 23.3 Å². The third-order valence-electron chi connectivity index (χ3n) is 7.01. The smallest absolute Gasteiger partial charge is 0.247 e. The summed E-state index contributed by atoms with van der Waals surface area (Å²) in [5.74, 6) is 0.690. The molecule has 1 unspecified atom stereocenters. The molecule has 0 saturated heterocycles. The number of rotatable bonds is 13. The Kier molecular flexibility index (Phi) is 9.04. The normalized spacial score (nSPS) is 14.4. The number of benzene rings is 1. The second kappa shape index (κ2) is 12.6. The minimum absolute atomic E-state index is 0.0704. The van der Waals surface area contributed by atoms with E-state index in [0.717, 1.165) is 42.8 Å². The Morgan fingerprint density at radius 2 is 1.61 bits per heavy atom. The van der Waals surface area contributed by atoms with E-state index in [0.29, 0.717) is 18.7 Å². The van der Waals surface area contributed by atoms with Gasteiger partial charge in [-0.2, -0.15) is 0 Å². The Balaban J connectivity index is 1.55. The first-order chi connectivity index (χ1) is 17.7. The lowest BCUT2D eigenvalue weighted by Crippen LogP contribution is -2.47. The van der Waals surface area contributed by atoms with Gasteiger partial charge < -0.3 is 13.9 Å². The molecule has 6 heteroatoms. The van der Waals surface area contributed by atoms with Gasteiger partial charge in [0.1, 0.15) is 18.3 Å². The van der Waals surface area contributed by atoms with Crippen molar-refractivity contribution in [3.63, 3.8) is 0 Å². The van der Waals surface area contributed by atoms with Crippen molar-refractivity contribution in [2.45, 2.75) is 77.7 Å². The number of hydrogen-bond donors (Lipinski definition) is 0. The number of anilines is 1. The van der Waals surface area contributed by atoms with E-state index in [1.807, 2.05) is 59.6 Å². The highest BCUT2D eigenvalue weighted by Gasteiger charge is 2.38. The number of nitrogens with zero attached hydrogens (tertiary/aromatic N) is 3. The molecule has 0 radical (unpaired) electrons. The van der Waals surface area contributed by atoms with Crippen LogP contribution in [0.4, 0.5) is 5.69 Å². The van der Waals surface area contributed by atoms with Crippen molar-refractivity contribution < 1.29 is 14.0 Å². The molecule has 1 atom stereocenters. The highest BCUT2D eigenvalue weighted by atomic mass is 16.3. The Morgan fingerprint density at radius 1 is 0.861 bits per heavy atom. The maximum Gasteiger partial charge on any atom is 0.247 e. The topological polar surface area (TPSA) is 58.7 Å². The third-order valence-corrected chi connectivity index (χ3v) is 7.01. The largest absolute Gasteiger partial charge is 0.467 e. The van der Waals surface area contributed by atoms with Crippen LogP contribution in [0.25, 0.3) is 5.69 Å². The van der Waals surface area contributed by atoms with Crippen LogP contribution in [0, 0.1) is 0 Å². The van der Waals surface area contributed by atoms with Crippen LogP contribution in [-0.2, 0) is 9.59 Å². The summed E-state index contributed by atoms with van der Waals surface area (Å²) in [7, 11) is 0. The number of para-hydroxylation sites is 2. The summed E-state index contributed by atoms with van der Waals surface area (Å²) in [5, 5.41) is 0. The Morgan fingerprint density at radius 3 is 2.36 bits per heavy atom. The fourth-order valence-corrected chi connectivity index (χ4v) is 5.07. The molecule has 3 aromatic rings. The van der Waals surface area contributed by atoms with Gasteiger partial charge in [-0.05, 0) is 49.2 Å². The number of carbonyl (C=O) groups excluding carboxylic acids is 2. The van der Waals surface area contributed by atoms with E-state index in [4.69, 9.17) is 4.42 Å². The van der Waals surface area contributed by atoms with E-state index in [-0.39, 0.29) is 24.4 Å². The highest BCUT2D eigenvalue weighted by molar-refractivity contribution is 6.00. The lowest BCUT2D eigenvalue weighted by molar-refractivity contribution is -0.135. The van der Waals surface area contributed by atoms with Crippen LogP contribution in [0.2, 0.25) is 0 Å². The lowest BCUT2D eigenvalue weighted by Gasteiger charge is -2.38. The van der Waals surface area contributed by atoms with E-state index in [1.54, 1.807) is 11.2 Å². The second-order valence-electron chi connectivity index (χ2n) is 9.66. The predicted molar refractivity (Wildman–Crippen MR) is 143 cm³/mol. The summed E-state index contributed by atoms with van der Waals surface area (Å²) < 4.78 is 7.93. The van der Waals surface area contributed by atoms with E-state index in [1.165, 1.54) is 25.7 Å². The average molecular weight is 490 g/mol. The second-order valence-corrected chi connectivity index (χ2v) is 9.66. The molecular weight excluding hydrogens is 450 g/mol. The molecule has 0 saturated carbocycles. The molecule has 0 bridgehead atoms. The van der Waals surface area contributed by atoms with Gasteiger partial charge in [-0.3, -0.25) is 14.5 Å². The van der Waals surface area contributed by atoms with Crippen LogP contribution in [0.3, 0.4) is 0 Å². The number of aromatic nitrogens is 1. The van der Waals surface area contributed by atoms with Gasteiger partial charge in [-0.25, -0.2) is 0 Å². The standard InChI is InChI=1S/C30H39N3O3/c1-3-5-7-8-9-10-19-28(34)31(20-6-4-2)23-29(35)33-25-16-12-11-15-24(25)32-21-13-17-26(32)30(33)27-18-14-22-36-27/h11-18,21-22,30H,3-10,19-20,23H2,1-2H3. The molecule has 2 aromatic heterocycles. The summed E-state index contributed by atoms with van der Waals surface area (Å²) in [6.45, 7) is 5.00. The summed E-state index contributed by atoms with van der Waals surface area (Å²) in [6, 6.07) is 15.3. The minimum Gasteiger partial charge on any atom is -0.467 e. The van der Waals surface area contributed by atoms with Gasteiger partial charge in [-0.15, -0.1) is 0 Å². The lowest BCUT2D eigenvalue weighted by atomic mass is 10.0. The first-order valence-corrected chi connectivity index (χ1v) is 13.6. The molecule has 0 spiro atoms. The quantitative estimate of drug-likeness (QED) is 0.246. The maximum absolute atomic E-state index is 14.0. The van der Waals surface area contributed by atoms with Gasteiger partial charge in [0.25, 0.3) is 0 Å². The van der Waals surface area contributed by atoms with Crippen LogP contribution in [0.15, 0.2) is 65.4 Å². The molecule has 6 nitrogen and oxygen atoms in total. The van der Waals surface area contributed by atoms with Crippen molar-refractivity contribution in [3.8, 4) is 5.69 Å². The van der Waals surface area contributed by atoms with Gasteiger partial charge in [-0.1, -0.05) is 64.5 Å². The molecule has 1 aliphatic heterocycles. The highest BCUT2D eigenvalue weighted by Crippen LogP contribution is 2.42. The number of amides is 2. The predicted octanol–water partition coefficient (Wildman–Crippen LogP) is 6.89. The SMILES string of the molecule is CCCCCCCCC(=O)N(CCCC)CC(=O)N1c2ccccc2-n2cccc2C1c1ccco1. The third kappa shape index (κ3) is 5.75. The summed E-state index contributed by atoms with van der Waals surface area (Å²) in [5.41, 5.74) is 2.74. The molecule has 192 valence electrons. The molecule has 0 N–H and O–H groups in total. The van der Waals surface area contributed by atoms with Crippen molar-refractivity contribution >= 4 is 17.5 Å². The summed E-state index contributed by atoms with van der Waals surface area (Å²) in [4.78, 5) is 30.8. The molecule has 0 fully saturated rings. The molecule has 36 heavy (non-hydrogen) atoms. The van der Waals surface area contributed by atoms with Crippen molar-refractivity contribution in [1.29, 1.82) is 0 Å². The zero-order valence-electron chi connectivity index (χ0n) is 21.7. The van der Waals surface area contributed by atoms with E-state index in [9.17, 15) is 9.59 Å². The Hall–Kier alpha value is -3.28. The number of carbonyl (C=O) groups is 2. The monoisotopic (exact) mass is 489 g/mol. The Bertz CT molecular complexity index is 1120. The first kappa shape index (κ1) is 25.8. The fraction of sp³-hybridized carbons (Fsp3) is 0.467. The van der Waals surface area contributed by atoms with E-state index >= 15 is 0 Å². The number of hydrogen-bond acceptors (Lipinski definition) is 3. The zero-order chi connectivity index (χ0) is 25.3. The van der Waals surface area contributed by atoms with Crippen molar-refractivity contribution in [2.75, 3.05) is 18.0 Å². The van der Waals surface area contributed by atoms with E-state index in [2.05, 4.69) is 18.4 Å². The van der Waals surface area contributed by atoms with Crippen LogP contribution >= 0.6 is 0 Å². The summed E-state index contributed by atoms with van der Waals surface area (Å²) in [6.07, 6.45) is 12.8. The van der Waals surface area contributed by atoms with Crippen LogP contribution in [0.1, 0.15) is 89.1 Å². The maximum atomic E-state index is 14.0. The van der Waals surface area contributed by atoms with Gasteiger partial charge in [0, 0.05) is 19.2 Å². The van der Waals surface area contributed by atoms with E-state index < -0.39 is 0 Å². The van der Waals surface area contributed by atoms with Crippen LogP contribution in [0.5, 0.6) is 0 Å². The van der Waals surface area contributed by atoms with Gasteiger partial charge >= 0.3 is 0 Å². The molecule has 1 aromatic carbocycles. The average Bonchev–Trinajstić information content (AvgIpc) is 3.60.